The van der Waals surface area contributed by atoms with Crippen LogP contribution in [0.3, 0.4) is 0 Å². The molecule has 0 unspecified atom stereocenters. The molecular formula is C16H23ClLiN3. The molecule has 0 spiro atoms. The zero-order valence-electron chi connectivity index (χ0n) is 13.1. The van der Waals surface area contributed by atoms with Gasteiger partial charge in [0.2, 0.25) is 0 Å². The summed E-state index contributed by atoms with van der Waals surface area (Å²) in [6, 6.07) is 4.13. The zero-order valence-corrected chi connectivity index (χ0v) is 13.8. The molecule has 0 bridgehead atoms. The quantitative estimate of drug-likeness (QED) is 0.663. The Morgan fingerprint density at radius 1 is 1.38 bits per heavy atom. The SMILES string of the molecule is Clc1nccc2[nH]c(C3CCNCC3)cc12.[Li][CH2]CCC. The average Bonchev–Trinajstić information content (AvgIpc) is 2.95. The number of hydrogen-bond donors (Lipinski definition) is 2. The normalized spacial score (nSPS) is 15.8. The van der Waals surface area contributed by atoms with Crippen LogP contribution < -0.4 is 5.32 Å². The van der Waals surface area contributed by atoms with Crippen LogP contribution in [0.25, 0.3) is 10.9 Å². The number of nitrogens with one attached hydrogen (secondary N) is 2. The number of rotatable bonds is 3. The summed E-state index contributed by atoms with van der Waals surface area (Å²) in [5.74, 6) is 0.629. The number of hydrogen-bond acceptors (Lipinski definition) is 2. The third-order valence-corrected chi connectivity index (χ3v) is 4.31. The Morgan fingerprint density at radius 3 is 2.71 bits per heavy atom. The van der Waals surface area contributed by atoms with E-state index < -0.39 is 0 Å². The number of pyridine rings is 1. The van der Waals surface area contributed by atoms with Crippen LogP contribution in [-0.2, 0) is 0 Å². The number of aromatic nitrogens is 2. The van der Waals surface area contributed by atoms with Crippen molar-refractivity contribution in [3.05, 3.63) is 29.2 Å². The van der Waals surface area contributed by atoms with Crippen LogP contribution >= 0.6 is 11.6 Å². The molecule has 1 aliphatic rings. The number of halogens is 1. The van der Waals surface area contributed by atoms with Crippen molar-refractivity contribution in [2.24, 2.45) is 0 Å². The summed E-state index contributed by atoms with van der Waals surface area (Å²) in [4.78, 5) is 7.55. The number of nitrogens with zero attached hydrogens (tertiary/aromatic N) is 1. The Hall–Kier alpha value is -0.463. The molecule has 21 heavy (non-hydrogen) atoms. The van der Waals surface area contributed by atoms with Crippen LogP contribution in [0.15, 0.2) is 18.3 Å². The van der Waals surface area contributed by atoms with Gasteiger partial charge in [0, 0.05) is 23.2 Å². The molecule has 3 rings (SSSR count). The van der Waals surface area contributed by atoms with Crippen molar-refractivity contribution in [1.29, 1.82) is 0 Å². The van der Waals surface area contributed by atoms with E-state index in [-0.39, 0.29) is 0 Å². The average molecular weight is 300 g/mol. The van der Waals surface area contributed by atoms with Gasteiger partial charge in [0.05, 0.1) is 5.52 Å². The molecule has 1 fully saturated rings. The number of H-pyrrole nitrogens is 1. The second-order valence-electron chi connectivity index (χ2n) is 5.67. The van der Waals surface area contributed by atoms with Gasteiger partial charge in [-0.05, 0) is 38.1 Å². The molecule has 3 nitrogen and oxygen atoms in total. The van der Waals surface area contributed by atoms with E-state index in [1.807, 2.05) is 6.07 Å². The van der Waals surface area contributed by atoms with Gasteiger partial charge in [0.1, 0.15) is 5.15 Å². The summed E-state index contributed by atoms with van der Waals surface area (Å²) < 4.78 is 0. The molecule has 2 aromatic rings. The monoisotopic (exact) mass is 299 g/mol. The maximum atomic E-state index is 6.07. The fourth-order valence-corrected chi connectivity index (χ4v) is 2.96. The van der Waals surface area contributed by atoms with Gasteiger partial charge in [-0.25, -0.2) is 4.98 Å². The number of piperidine rings is 1. The van der Waals surface area contributed by atoms with Gasteiger partial charge >= 0.3 is 42.6 Å². The second-order valence-corrected chi connectivity index (χ2v) is 6.02. The molecule has 3 heterocycles. The van der Waals surface area contributed by atoms with Gasteiger partial charge in [-0.3, -0.25) is 0 Å². The summed E-state index contributed by atoms with van der Waals surface area (Å²) >= 11 is 8.28. The fraction of sp³-hybridized carbons (Fsp3) is 0.562. The fourth-order valence-electron chi connectivity index (χ4n) is 2.75. The van der Waals surface area contributed by atoms with Crippen LogP contribution in [0.4, 0.5) is 0 Å². The topological polar surface area (TPSA) is 40.7 Å². The van der Waals surface area contributed by atoms with Crippen LogP contribution in [0.2, 0.25) is 10.2 Å². The van der Waals surface area contributed by atoms with Crippen LogP contribution in [0.1, 0.15) is 44.2 Å². The van der Waals surface area contributed by atoms with Crippen molar-refractivity contribution in [2.45, 2.75) is 43.6 Å². The molecule has 1 aliphatic heterocycles. The predicted octanol–water partition coefficient (Wildman–Crippen LogP) is 4.06. The minimum absolute atomic E-state index is 0.592. The van der Waals surface area contributed by atoms with E-state index in [0.717, 1.165) is 24.0 Å². The summed E-state index contributed by atoms with van der Waals surface area (Å²) in [6.07, 6.45) is 6.86. The van der Waals surface area contributed by atoms with Gasteiger partial charge < -0.3 is 10.3 Å². The van der Waals surface area contributed by atoms with Gasteiger partial charge in [0.25, 0.3) is 0 Å². The Labute approximate surface area is 141 Å². The van der Waals surface area contributed by atoms with Gasteiger partial charge in [-0.1, -0.05) is 11.6 Å². The van der Waals surface area contributed by atoms with Crippen molar-refractivity contribution < 1.29 is 0 Å². The molecule has 5 heteroatoms. The molecule has 0 atom stereocenters. The van der Waals surface area contributed by atoms with E-state index in [4.69, 9.17) is 11.6 Å². The summed E-state index contributed by atoms with van der Waals surface area (Å²) in [7, 11) is 0. The summed E-state index contributed by atoms with van der Waals surface area (Å²) in [5.41, 5.74) is 2.39. The van der Waals surface area contributed by atoms with Crippen LogP contribution in [-0.4, -0.2) is 40.8 Å². The van der Waals surface area contributed by atoms with Crippen molar-refractivity contribution in [2.75, 3.05) is 13.1 Å². The maximum absolute atomic E-state index is 6.07. The Bertz CT molecular complexity index is 547. The van der Waals surface area contributed by atoms with Crippen LogP contribution in [0.5, 0.6) is 0 Å². The molecule has 2 aromatic heterocycles. The molecule has 0 aliphatic carbocycles. The molecule has 1 saturated heterocycles. The Morgan fingerprint density at radius 2 is 2.14 bits per heavy atom. The van der Waals surface area contributed by atoms with E-state index in [1.54, 1.807) is 6.20 Å². The van der Waals surface area contributed by atoms with Crippen molar-refractivity contribution in [1.82, 2.24) is 15.3 Å². The molecule has 110 valence electrons. The first-order valence-corrected chi connectivity index (χ1v) is 8.47. The molecule has 0 radical (unpaired) electrons. The van der Waals surface area contributed by atoms with Gasteiger partial charge in [-0.2, -0.15) is 0 Å². The minimum atomic E-state index is 0.592. The second kappa shape index (κ2) is 8.85. The van der Waals surface area contributed by atoms with E-state index in [2.05, 4.69) is 46.0 Å². The van der Waals surface area contributed by atoms with E-state index in [9.17, 15) is 0 Å². The van der Waals surface area contributed by atoms with Gasteiger partial charge in [-0.15, -0.1) is 0 Å². The van der Waals surface area contributed by atoms with Crippen LogP contribution in [0, 0.1) is 0 Å². The van der Waals surface area contributed by atoms with Crippen molar-refractivity contribution >= 4 is 40.2 Å². The first-order chi connectivity index (χ1) is 10.3. The first-order valence-electron chi connectivity index (χ1n) is 8.10. The number of unbranched alkanes of at least 4 members (excludes halogenated alkanes) is 1. The molecule has 0 saturated carbocycles. The van der Waals surface area contributed by atoms with E-state index >= 15 is 0 Å². The van der Waals surface area contributed by atoms with E-state index in [0.29, 0.717) is 11.1 Å². The Balaban J connectivity index is 0.000000282. The summed E-state index contributed by atoms with van der Waals surface area (Å²) in [6.45, 7) is 4.42. The standard InChI is InChI=1S/C12H14ClN3.C4H9.Li/c13-12-9-7-11(8-1-4-14-5-2-8)16-10(9)3-6-15-12;1-3-4-2;/h3,6-8,14,16H,1-2,4-5H2;1,3-4H2,2H3;. The third kappa shape index (κ3) is 4.76. The molecule has 0 amide bonds. The Kier molecular flexibility index (Phi) is 7.13. The number of fused-ring (bicyclic) bond motifs is 1. The van der Waals surface area contributed by atoms with E-state index in [1.165, 1.54) is 36.5 Å². The molecule has 2 N–H and O–H groups in total. The van der Waals surface area contributed by atoms with Gasteiger partial charge in [0.15, 0.2) is 0 Å². The molecular weight excluding hydrogens is 277 g/mol. The zero-order chi connectivity index (χ0) is 15.1. The van der Waals surface area contributed by atoms with Crippen molar-refractivity contribution in [3.8, 4) is 0 Å². The summed E-state index contributed by atoms with van der Waals surface area (Å²) in [5, 5.41) is 6.35. The predicted molar refractivity (Wildman–Crippen MR) is 91.4 cm³/mol. The van der Waals surface area contributed by atoms with Crippen molar-refractivity contribution in [3.63, 3.8) is 0 Å². The first kappa shape index (κ1) is 16.9. The molecule has 0 aromatic carbocycles. The number of aromatic amines is 1. The third-order valence-electron chi connectivity index (χ3n) is 4.01.